The van der Waals surface area contributed by atoms with E-state index in [0.29, 0.717) is 11.0 Å². The van der Waals surface area contributed by atoms with E-state index >= 15 is 0 Å². The lowest BCUT2D eigenvalue weighted by Gasteiger charge is -2.38. The summed E-state index contributed by atoms with van der Waals surface area (Å²) in [5.41, 5.74) is 5.83. The average molecular weight is 328 g/mol. The van der Waals surface area contributed by atoms with Crippen LogP contribution in [0.2, 0.25) is 0 Å². The van der Waals surface area contributed by atoms with E-state index in [1.54, 1.807) is 0 Å². The average Bonchev–Trinajstić information content (AvgIpc) is 2.34. The van der Waals surface area contributed by atoms with Crippen molar-refractivity contribution >= 4 is 27.5 Å². The van der Waals surface area contributed by atoms with Gasteiger partial charge in [-0.1, -0.05) is 0 Å². The minimum atomic E-state index is -0.528. The van der Waals surface area contributed by atoms with Gasteiger partial charge >= 0.3 is 0 Å². The highest BCUT2D eigenvalue weighted by Gasteiger charge is 2.32. The predicted octanol–water partition coefficient (Wildman–Crippen LogP) is 1.97. The van der Waals surface area contributed by atoms with Crippen molar-refractivity contribution in [3.63, 3.8) is 0 Å². The fourth-order valence-electron chi connectivity index (χ4n) is 1.96. The number of nitrogens with zero attached hydrogens (tertiary/aromatic N) is 1. The zero-order chi connectivity index (χ0) is 14.0. The maximum Gasteiger partial charge on any atom is 0.270 e. The Hall–Kier alpha value is -1.47. The summed E-state index contributed by atoms with van der Waals surface area (Å²) in [7, 11) is 0. The molecule has 102 valence electrons. The van der Waals surface area contributed by atoms with E-state index < -0.39 is 4.92 Å². The van der Waals surface area contributed by atoms with Crippen molar-refractivity contribution in [1.29, 1.82) is 0 Å². The predicted molar refractivity (Wildman–Crippen MR) is 73.9 cm³/mol. The molecule has 1 aromatic carbocycles. The first-order valence-electron chi connectivity index (χ1n) is 5.92. The van der Waals surface area contributed by atoms with Crippen LogP contribution in [0.3, 0.4) is 0 Å². The van der Waals surface area contributed by atoms with Crippen LogP contribution >= 0.6 is 15.9 Å². The van der Waals surface area contributed by atoms with Crippen LogP contribution in [0.15, 0.2) is 22.7 Å². The molecular formula is C12H14BrN3O3. The molecule has 0 radical (unpaired) electrons. The Morgan fingerprint density at radius 3 is 2.74 bits per heavy atom. The van der Waals surface area contributed by atoms with Crippen molar-refractivity contribution in [2.45, 2.75) is 24.8 Å². The summed E-state index contributed by atoms with van der Waals surface area (Å²) in [5, 5.41) is 13.4. The Morgan fingerprint density at radius 1 is 1.53 bits per heavy atom. The van der Waals surface area contributed by atoms with E-state index in [1.165, 1.54) is 18.2 Å². The third kappa shape index (κ3) is 3.10. The highest BCUT2D eigenvalue weighted by Crippen LogP contribution is 2.28. The van der Waals surface area contributed by atoms with Gasteiger partial charge in [0, 0.05) is 28.7 Å². The number of nitrogens with two attached hydrogens (primary N) is 1. The van der Waals surface area contributed by atoms with Crippen molar-refractivity contribution in [3.8, 4) is 0 Å². The zero-order valence-electron chi connectivity index (χ0n) is 10.2. The van der Waals surface area contributed by atoms with Crippen molar-refractivity contribution in [1.82, 2.24) is 5.32 Å². The molecule has 6 nitrogen and oxygen atoms in total. The van der Waals surface area contributed by atoms with Crippen LogP contribution in [0.1, 0.15) is 29.6 Å². The number of nitro groups is 1. The van der Waals surface area contributed by atoms with E-state index in [4.69, 9.17) is 5.73 Å². The number of nitrogens with one attached hydrogen (secondary N) is 1. The maximum atomic E-state index is 12.0. The molecule has 1 aromatic rings. The summed E-state index contributed by atoms with van der Waals surface area (Å²) in [5.74, 6) is -0.354. The SMILES string of the molecule is NC1(CNC(=O)c2cc([N+](=O)[O-])ccc2Br)CCC1. The van der Waals surface area contributed by atoms with Gasteiger partial charge in [-0.2, -0.15) is 0 Å². The van der Waals surface area contributed by atoms with Crippen LogP contribution in [0.25, 0.3) is 0 Å². The Balaban J connectivity index is 2.09. The molecule has 19 heavy (non-hydrogen) atoms. The van der Waals surface area contributed by atoms with Gasteiger partial charge in [0.1, 0.15) is 0 Å². The number of carbonyl (C=O) groups excluding carboxylic acids is 1. The van der Waals surface area contributed by atoms with Gasteiger partial charge in [-0.05, 0) is 41.3 Å². The normalized spacial score (nSPS) is 16.5. The van der Waals surface area contributed by atoms with Gasteiger partial charge in [0.05, 0.1) is 10.5 Å². The van der Waals surface area contributed by atoms with Crippen LogP contribution in [-0.2, 0) is 0 Å². The molecule has 0 saturated heterocycles. The Kier molecular flexibility index (Phi) is 3.86. The Bertz CT molecular complexity index is 529. The molecule has 1 aliphatic rings. The second-order valence-corrected chi connectivity index (χ2v) is 5.67. The summed E-state index contributed by atoms with van der Waals surface area (Å²) in [6, 6.07) is 4.09. The molecule has 0 aliphatic heterocycles. The smallest absolute Gasteiger partial charge is 0.270 e. The first-order chi connectivity index (χ1) is 8.91. The van der Waals surface area contributed by atoms with Gasteiger partial charge in [-0.3, -0.25) is 14.9 Å². The van der Waals surface area contributed by atoms with E-state index in [0.717, 1.165) is 19.3 Å². The van der Waals surface area contributed by atoms with Crippen molar-refractivity contribution < 1.29 is 9.72 Å². The molecular weight excluding hydrogens is 314 g/mol. The molecule has 0 unspecified atom stereocenters. The molecule has 3 N–H and O–H groups in total. The van der Waals surface area contributed by atoms with Crippen molar-refractivity contribution in [3.05, 3.63) is 38.3 Å². The van der Waals surface area contributed by atoms with Gasteiger partial charge in [0.25, 0.3) is 11.6 Å². The minimum absolute atomic E-state index is 0.112. The van der Waals surface area contributed by atoms with Crippen LogP contribution < -0.4 is 11.1 Å². The zero-order valence-corrected chi connectivity index (χ0v) is 11.8. The number of benzene rings is 1. The summed E-state index contributed by atoms with van der Waals surface area (Å²) >= 11 is 3.22. The van der Waals surface area contributed by atoms with Gasteiger partial charge in [-0.15, -0.1) is 0 Å². The number of rotatable bonds is 4. The summed E-state index contributed by atoms with van der Waals surface area (Å²) < 4.78 is 0.523. The monoisotopic (exact) mass is 327 g/mol. The van der Waals surface area contributed by atoms with Crippen LogP contribution in [-0.4, -0.2) is 22.9 Å². The number of hydrogen-bond acceptors (Lipinski definition) is 4. The maximum absolute atomic E-state index is 12.0. The molecule has 0 spiro atoms. The van der Waals surface area contributed by atoms with Crippen LogP contribution in [0.5, 0.6) is 0 Å². The number of nitro benzene ring substituents is 1. The van der Waals surface area contributed by atoms with E-state index in [1.807, 2.05) is 0 Å². The lowest BCUT2D eigenvalue weighted by atomic mass is 9.78. The van der Waals surface area contributed by atoms with Gasteiger partial charge in [0.15, 0.2) is 0 Å². The van der Waals surface area contributed by atoms with E-state index in [-0.39, 0.29) is 22.7 Å². The molecule has 0 aromatic heterocycles. The minimum Gasteiger partial charge on any atom is -0.350 e. The molecule has 0 atom stereocenters. The molecule has 7 heteroatoms. The standard InChI is InChI=1S/C12H14BrN3O3/c13-10-3-2-8(16(18)19)6-9(10)11(17)15-7-12(14)4-1-5-12/h2-3,6H,1,4-5,7,14H2,(H,15,17). The molecule has 0 heterocycles. The summed E-state index contributed by atoms with van der Waals surface area (Å²) in [6.45, 7) is 0.390. The molecule has 1 amide bonds. The summed E-state index contributed by atoms with van der Waals surface area (Å²) in [6.07, 6.45) is 2.86. The van der Waals surface area contributed by atoms with Crippen LogP contribution in [0.4, 0.5) is 5.69 Å². The molecule has 1 saturated carbocycles. The molecule has 2 rings (SSSR count). The van der Waals surface area contributed by atoms with E-state index in [9.17, 15) is 14.9 Å². The van der Waals surface area contributed by atoms with Crippen LogP contribution in [0, 0.1) is 10.1 Å². The lowest BCUT2D eigenvalue weighted by molar-refractivity contribution is -0.384. The molecule has 0 bridgehead atoms. The topological polar surface area (TPSA) is 98.3 Å². The fourth-order valence-corrected chi connectivity index (χ4v) is 2.39. The van der Waals surface area contributed by atoms with Crippen molar-refractivity contribution in [2.24, 2.45) is 5.73 Å². The number of halogens is 1. The Morgan fingerprint density at radius 2 is 2.21 bits per heavy atom. The first kappa shape index (κ1) is 14.0. The quantitative estimate of drug-likeness (QED) is 0.652. The van der Waals surface area contributed by atoms with E-state index in [2.05, 4.69) is 21.2 Å². The largest absolute Gasteiger partial charge is 0.350 e. The number of carbonyl (C=O) groups is 1. The number of hydrogen-bond donors (Lipinski definition) is 2. The van der Waals surface area contributed by atoms with Gasteiger partial charge in [0.2, 0.25) is 0 Å². The Labute approximate surface area is 118 Å². The summed E-state index contributed by atoms with van der Waals surface area (Å²) in [4.78, 5) is 22.2. The highest BCUT2D eigenvalue weighted by atomic mass is 79.9. The molecule has 1 aliphatic carbocycles. The second kappa shape index (κ2) is 5.26. The number of non-ortho nitro benzene ring substituents is 1. The van der Waals surface area contributed by atoms with Crippen molar-refractivity contribution in [2.75, 3.05) is 6.54 Å². The third-order valence-electron chi connectivity index (χ3n) is 3.36. The lowest BCUT2D eigenvalue weighted by Crippen LogP contribution is -2.54. The second-order valence-electron chi connectivity index (χ2n) is 4.82. The highest BCUT2D eigenvalue weighted by molar-refractivity contribution is 9.10. The van der Waals surface area contributed by atoms with Gasteiger partial charge in [-0.25, -0.2) is 0 Å². The fraction of sp³-hybridized carbons (Fsp3) is 0.417. The number of amides is 1. The van der Waals surface area contributed by atoms with Gasteiger partial charge < -0.3 is 11.1 Å². The first-order valence-corrected chi connectivity index (χ1v) is 6.72. The molecule has 1 fully saturated rings. The third-order valence-corrected chi connectivity index (χ3v) is 4.05.